The zero-order valence-electron chi connectivity index (χ0n) is 28.4. The van der Waals surface area contributed by atoms with Crippen molar-refractivity contribution < 1.29 is 29.3 Å². The number of carbonyl (C=O) groups is 2. The highest BCUT2D eigenvalue weighted by atomic mass is 16.6. The Morgan fingerprint density at radius 2 is 1.34 bits per heavy atom. The number of aliphatic hydroxyl groups excluding tert-OH is 2. The molecule has 6 nitrogen and oxygen atoms in total. The highest BCUT2D eigenvalue weighted by Gasteiger charge is 2.16. The standard InChI is InChI=1S/C38H66O6/c1-4-5-6-7-12-18-23-28-35(40)29-24-19-14-11-16-20-25-30-37(41)43-33-36(32-39)44-38(42)31-26-21-15-10-8-9-13-17-22-27-34(2)3/h11-12,16,18-19,23-24,28,34-36,39-40H,4-10,13-15,17,20-22,25-27,29-33H2,1-3H3/b16-11+,18-12-,24-19-,28-23-/t35-,36+/m1/s1. The third kappa shape index (κ3) is 31.3. The molecule has 254 valence electrons. The van der Waals surface area contributed by atoms with Crippen LogP contribution in [0.15, 0.2) is 48.6 Å². The van der Waals surface area contributed by atoms with E-state index >= 15 is 0 Å². The van der Waals surface area contributed by atoms with Gasteiger partial charge >= 0.3 is 11.9 Å². The molecule has 0 aliphatic rings. The number of esters is 2. The van der Waals surface area contributed by atoms with E-state index in [0.29, 0.717) is 19.3 Å². The van der Waals surface area contributed by atoms with Gasteiger partial charge in [0.2, 0.25) is 0 Å². The smallest absolute Gasteiger partial charge is 0.306 e. The highest BCUT2D eigenvalue weighted by Crippen LogP contribution is 2.14. The first kappa shape index (κ1) is 41.8. The summed E-state index contributed by atoms with van der Waals surface area (Å²) in [5.41, 5.74) is 0. The van der Waals surface area contributed by atoms with Gasteiger partial charge in [-0.15, -0.1) is 0 Å². The Bertz CT molecular complexity index is 782. The fourth-order valence-corrected chi connectivity index (χ4v) is 4.63. The molecule has 0 radical (unpaired) electrons. The molecule has 0 fully saturated rings. The van der Waals surface area contributed by atoms with Crippen LogP contribution in [0.3, 0.4) is 0 Å². The molecule has 0 saturated heterocycles. The van der Waals surface area contributed by atoms with Crippen LogP contribution < -0.4 is 0 Å². The van der Waals surface area contributed by atoms with E-state index < -0.39 is 12.2 Å². The van der Waals surface area contributed by atoms with Crippen LogP contribution in [-0.2, 0) is 19.1 Å². The Labute approximate surface area is 270 Å². The molecule has 0 aliphatic heterocycles. The average Bonchev–Trinajstić information content (AvgIpc) is 3.00. The highest BCUT2D eigenvalue weighted by molar-refractivity contribution is 5.70. The van der Waals surface area contributed by atoms with Gasteiger partial charge in [-0.2, -0.15) is 0 Å². The van der Waals surface area contributed by atoms with Crippen LogP contribution in [0.4, 0.5) is 0 Å². The maximum Gasteiger partial charge on any atom is 0.306 e. The molecule has 0 aromatic carbocycles. The van der Waals surface area contributed by atoms with Gasteiger partial charge in [-0.25, -0.2) is 0 Å². The summed E-state index contributed by atoms with van der Waals surface area (Å²) in [4.78, 5) is 24.1. The first-order valence-corrected chi connectivity index (χ1v) is 17.7. The van der Waals surface area contributed by atoms with E-state index in [9.17, 15) is 19.8 Å². The first-order valence-electron chi connectivity index (χ1n) is 17.7. The van der Waals surface area contributed by atoms with Crippen LogP contribution in [0, 0.1) is 5.92 Å². The Hall–Kier alpha value is -2.18. The monoisotopic (exact) mass is 618 g/mol. The van der Waals surface area contributed by atoms with Crippen LogP contribution in [0.25, 0.3) is 0 Å². The summed E-state index contributed by atoms with van der Waals surface area (Å²) in [5.74, 6) is 0.104. The molecule has 0 saturated carbocycles. The largest absolute Gasteiger partial charge is 0.462 e. The lowest BCUT2D eigenvalue weighted by molar-refractivity contribution is -0.161. The van der Waals surface area contributed by atoms with E-state index in [1.165, 1.54) is 64.2 Å². The fourth-order valence-electron chi connectivity index (χ4n) is 4.63. The van der Waals surface area contributed by atoms with Crippen LogP contribution in [0.5, 0.6) is 0 Å². The Morgan fingerprint density at radius 1 is 0.705 bits per heavy atom. The molecule has 0 rings (SSSR count). The van der Waals surface area contributed by atoms with Crippen molar-refractivity contribution >= 4 is 11.9 Å². The molecule has 0 heterocycles. The summed E-state index contributed by atoms with van der Waals surface area (Å²) in [5, 5.41) is 19.5. The lowest BCUT2D eigenvalue weighted by Gasteiger charge is -2.15. The molecule has 0 aromatic heterocycles. The fraction of sp³-hybridized carbons (Fsp3) is 0.737. The zero-order chi connectivity index (χ0) is 32.5. The second-order valence-electron chi connectivity index (χ2n) is 12.3. The van der Waals surface area contributed by atoms with Gasteiger partial charge < -0.3 is 19.7 Å². The van der Waals surface area contributed by atoms with Crippen LogP contribution in [-0.4, -0.2) is 47.6 Å². The van der Waals surface area contributed by atoms with Gasteiger partial charge in [-0.05, 0) is 50.9 Å². The van der Waals surface area contributed by atoms with Gasteiger partial charge in [0.05, 0.1) is 12.7 Å². The second-order valence-corrected chi connectivity index (χ2v) is 12.3. The van der Waals surface area contributed by atoms with Crippen LogP contribution in [0.2, 0.25) is 0 Å². The van der Waals surface area contributed by atoms with Crippen molar-refractivity contribution in [3.63, 3.8) is 0 Å². The third-order valence-corrected chi connectivity index (χ3v) is 7.38. The topological polar surface area (TPSA) is 93.1 Å². The summed E-state index contributed by atoms with van der Waals surface area (Å²) in [6, 6.07) is 0. The van der Waals surface area contributed by atoms with Gasteiger partial charge in [0.1, 0.15) is 6.61 Å². The predicted octanol–water partition coefficient (Wildman–Crippen LogP) is 9.50. The van der Waals surface area contributed by atoms with Crippen molar-refractivity contribution in [2.45, 2.75) is 161 Å². The number of unbranched alkanes of at least 4 members (excludes halogenated alkanes) is 12. The van der Waals surface area contributed by atoms with Crippen molar-refractivity contribution in [3.05, 3.63) is 48.6 Å². The lowest BCUT2D eigenvalue weighted by atomic mass is 10.0. The summed E-state index contributed by atoms with van der Waals surface area (Å²) < 4.78 is 10.5. The molecule has 44 heavy (non-hydrogen) atoms. The minimum absolute atomic E-state index is 0.116. The Kier molecular flexibility index (Phi) is 30.6. The Morgan fingerprint density at radius 3 is 2.02 bits per heavy atom. The maximum absolute atomic E-state index is 12.1. The van der Waals surface area contributed by atoms with Crippen molar-refractivity contribution in [3.8, 4) is 0 Å². The van der Waals surface area contributed by atoms with Gasteiger partial charge in [0.25, 0.3) is 0 Å². The molecular weight excluding hydrogens is 552 g/mol. The number of carbonyl (C=O) groups excluding carboxylic acids is 2. The molecular formula is C38H66O6. The van der Waals surface area contributed by atoms with Gasteiger partial charge in [0, 0.05) is 12.8 Å². The molecule has 0 unspecified atom stereocenters. The van der Waals surface area contributed by atoms with Crippen molar-refractivity contribution in [1.29, 1.82) is 0 Å². The molecule has 2 N–H and O–H groups in total. The summed E-state index contributed by atoms with van der Waals surface area (Å²) >= 11 is 0. The number of allylic oxidation sites excluding steroid dienone is 6. The maximum atomic E-state index is 12.1. The quantitative estimate of drug-likeness (QED) is 0.0360. The minimum atomic E-state index is -0.810. The SMILES string of the molecule is CCCCC/C=C\C=C/[C@@H](O)C/C=C\C/C=C/CCCC(=O)OC[C@H](CO)OC(=O)CCCCCCCCCCCC(C)C. The number of rotatable bonds is 30. The molecule has 6 heteroatoms. The molecule has 0 aromatic rings. The molecule has 0 bridgehead atoms. The van der Waals surface area contributed by atoms with Gasteiger partial charge in [-0.3, -0.25) is 9.59 Å². The van der Waals surface area contributed by atoms with Crippen molar-refractivity contribution in [1.82, 2.24) is 0 Å². The predicted molar refractivity (Wildman–Crippen MR) is 183 cm³/mol. The molecule has 0 amide bonds. The van der Waals surface area contributed by atoms with Crippen molar-refractivity contribution in [2.75, 3.05) is 13.2 Å². The van der Waals surface area contributed by atoms with E-state index in [2.05, 4.69) is 26.8 Å². The van der Waals surface area contributed by atoms with E-state index in [4.69, 9.17) is 9.47 Å². The molecule has 2 atom stereocenters. The van der Waals surface area contributed by atoms with E-state index in [0.717, 1.165) is 44.4 Å². The van der Waals surface area contributed by atoms with Gasteiger partial charge in [0.15, 0.2) is 6.10 Å². The molecule has 0 aliphatic carbocycles. The molecule has 0 spiro atoms. The number of hydrogen-bond acceptors (Lipinski definition) is 6. The average molecular weight is 619 g/mol. The minimum Gasteiger partial charge on any atom is -0.462 e. The third-order valence-electron chi connectivity index (χ3n) is 7.38. The van der Waals surface area contributed by atoms with Crippen LogP contribution in [0.1, 0.15) is 149 Å². The summed E-state index contributed by atoms with van der Waals surface area (Å²) in [6.45, 7) is 6.28. The van der Waals surface area contributed by atoms with Crippen LogP contribution >= 0.6 is 0 Å². The summed E-state index contributed by atoms with van der Waals surface area (Å²) in [6.07, 6.45) is 34.9. The second kappa shape index (κ2) is 32.2. The number of ether oxygens (including phenoxy) is 2. The van der Waals surface area contributed by atoms with Gasteiger partial charge in [-0.1, -0.05) is 140 Å². The van der Waals surface area contributed by atoms with E-state index in [1.54, 1.807) is 0 Å². The number of hydrogen-bond donors (Lipinski definition) is 2. The lowest BCUT2D eigenvalue weighted by Crippen LogP contribution is -2.28. The normalized spacial score (nSPS) is 13.6. The van der Waals surface area contributed by atoms with Crippen molar-refractivity contribution in [2.24, 2.45) is 5.92 Å². The summed E-state index contributed by atoms with van der Waals surface area (Å²) in [7, 11) is 0. The van der Waals surface area contributed by atoms with E-state index in [1.807, 2.05) is 42.5 Å². The number of aliphatic hydroxyl groups is 2. The zero-order valence-corrected chi connectivity index (χ0v) is 28.4. The van der Waals surface area contributed by atoms with E-state index in [-0.39, 0.29) is 31.6 Å². The Balaban J connectivity index is 3.78. The first-order chi connectivity index (χ1) is 21.4.